The number of rotatable bonds is 4. The molecular formula is C18H17ClFN3O4. The maximum Gasteiger partial charge on any atom is 0.319 e. The van der Waals surface area contributed by atoms with E-state index in [4.69, 9.17) is 16.3 Å². The van der Waals surface area contributed by atoms with Crippen molar-refractivity contribution in [2.24, 2.45) is 0 Å². The molecule has 1 atom stereocenters. The Morgan fingerprint density at radius 2 is 2.15 bits per heavy atom. The number of aliphatic hydroxyl groups excluding tert-OH is 1. The number of benzene rings is 2. The highest BCUT2D eigenvalue weighted by Crippen LogP contribution is 2.33. The van der Waals surface area contributed by atoms with Crippen LogP contribution in [0.4, 0.5) is 20.6 Å². The number of aliphatic hydroxyl groups is 1. The van der Waals surface area contributed by atoms with Crippen molar-refractivity contribution in [2.75, 3.05) is 30.4 Å². The summed E-state index contributed by atoms with van der Waals surface area (Å²) in [5, 5.41) is 15.3. The largest absolute Gasteiger partial charge is 0.482 e. The van der Waals surface area contributed by atoms with E-state index < -0.39 is 18.0 Å². The van der Waals surface area contributed by atoms with Crippen molar-refractivity contribution in [1.29, 1.82) is 0 Å². The highest BCUT2D eigenvalue weighted by Gasteiger charge is 2.22. The van der Waals surface area contributed by atoms with E-state index in [2.05, 4.69) is 10.6 Å². The Labute approximate surface area is 159 Å². The lowest BCUT2D eigenvalue weighted by molar-refractivity contribution is -0.120. The summed E-state index contributed by atoms with van der Waals surface area (Å²) < 4.78 is 18.7. The Bertz CT molecular complexity index is 873. The molecular weight excluding hydrogens is 377 g/mol. The summed E-state index contributed by atoms with van der Waals surface area (Å²) in [6.07, 6.45) is -1.12. The monoisotopic (exact) mass is 393 g/mol. The zero-order valence-electron chi connectivity index (χ0n) is 14.3. The predicted molar refractivity (Wildman–Crippen MR) is 98.7 cm³/mol. The van der Waals surface area contributed by atoms with Gasteiger partial charge in [-0.1, -0.05) is 11.6 Å². The number of amides is 3. The van der Waals surface area contributed by atoms with E-state index >= 15 is 0 Å². The van der Waals surface area contributed by atoms with Gasteiger partial charge in [0.1, 0.15) is 11.6 Å². The van der Waals surface area contributed by atoms with E-state index in [1.54, 1.807) is 25.2 Å². The minimum Gasteiger partial charge on any atom is -0.482 e. The first-order valence-electron chi connectivity index (χ1n) is 8.06. The van der Waals surface area contributed by atoms with Crippen LogP contribution in [0.15, 0.2) is 36.4 Å². The van der Waals surface area contributed by atoms with Gasteiger partial charge in [-0.25, -0.2) is 9.18 Å². The molecule has 3 N–H and O–H groups in total. The van der Waals surface area contributed by atoms with Gasteiger partial charge in [-0.15, -0.1) is 0 Å². The number of likely N-dealkylation sites (N-methyl/N-ethyl adjacent to an activating group) is 1. The number of urea groups is 1. The van der Waals surface area contributed by atoms with Gasteiger partial charge in [0.05, 0.1) is 11.8 Å². The molecule has 0 fully saturated rings. The van der Waals surface area contributed by atoms with Gasteiger partial charge in [-0.3, -0.25) is 4.79 Å². The molecule has 1 aliphatic heterocycles. The Kier molecular flexibility index (Phi) is 5.48. The second kappa shape index (κ2) is 7.81. The number of nitrogens with one attached hydrogen (secondary N) is 2. The van der Waals surface area contributed by atoms with Crippen molar-refractivity contribution < 1.29 is 23.8 Å². The second-order valence-electron chi connectivity index (χ2n) is 5.98. The Balaban J connectivity index is 1.60. The van der Waals surface area contributed by atoms with Crippen LogP contribution in [0.25, 0.3) is 0 Å². The van der Waals surface area contributed by atoms with Crippen LogP contribution in [0.5, 0.6) is 5.75 Å². The van der Waals surface area contributed by atoms with E-state index in [1.807, 2.05) is 0 Å². The predicted octanol–water partition coefficient (Wildman–Crippen LogP) is 2.69. The van der Waals surface area contributed by atoms with Crippen molar-refractivity contribution >= 4 is 34.9 Å². The zero-order chi connectivity index (χ0) is 19.6. The maximum absolute atomic E-state index is 13.3. The average molecular weight is 394 g/mol. The van der Waals surface area contributed by atoms with E-state index in [-0.39, 0.29) is 29.6 Å². The zero-order valence-corrected chi connectivity index (χ0v) is 15.1. The molecule has 1 aliphatic rings. The van der Waals surface area contributed by atoms with Crippen LogP contribution in [0, 0.1) is 5.82 Å². The molecule has 7 nitrogen and oxygen atoms in total. The molecule has 1 unspecified atom stereocenters. The van der Waals surface area contributed by atoms with Crippen LogP contribution in [0.1, 0.15) is 11.7 Å². The molecule has 0 spiro atoms. The Morgan fingerprint density at radius 1 is 1.37 bits per heavy atom. The summed E-state index contributed by atoms with van der Waals surface area (Å²) in [7, 11) is 1.62. The molecule has 0 aliphatic carbocycles. The number of anilines is 2. The fourth-order valence-corrected chi connectivity index (χ4v) is 2.83. The summed E-state index contributed by atoms with van der Waals surface area (Å²) >= 11 is 5.76. The summed E-state index contributed by atoms with van der Waals surface area (Å²) in [5.74, 6) is -0.224. The number of hydrogen-bond donors (Lipinski definition) is 3. The van der Waals surface area contributed by atoms with Gasteiger partial charge < -0.3 is 25.4 Å². The third-order valence-corrected chi connectivity index (χ3v) is 4.25. The standard InChI is InChI=1S/C18H17ClFN3O4/c1-23-14-7-13(2-3-16(14)27-9-17(23)25)22-18(26)21-8-15(24)10-4-11(19)6-12(20)5-10/h2-7,15,24H,8-9H2,1H3,(H2,21,22,26). The minimum absolute atomic E-state index is 0.0290. The fraction of sp³-hybridized carbons (Fsp3) is 0.222. The average Bonchev–Trinajstić information content (AvgIpc) is 2.62. The lowest BCUT2D eigenvalue weighted by atomic mass is 10.1. The smallest absolute Gasteiger partial charge is 0.319 e. The van der Waals surface area contributed by atoms with Gasteiger partial charge in [0.2, 0.25) is 0 Å². The molecule has 0 radical (unpaired) electrons. The number of nitrogens with zero attached hydrogens (tertiary/aromatic N) is 1. The second-order valence-corrected chi connectivity index (χ2v) is 6.41. The van der Waals surface area contributed by atoms with Crippen molar-refractivity contribution in [1.82, 2.24) is 5.32 Å². The molecule has 27 heavy (non-hydrogen) atoms. The number of carbonyl (C=O) groups is 2. The first-order chi connectivity index (χ1) is 12.8. The quantitative estimate of drug-likeness (QED) is 0.744. The lowest BCUT2D eigenvalue weighted by Crippen LogP contribution is -2.35. The molecule has 9 heteroatoms. The van der Waals surface area contributed by atoms with Gasteiger partial charge in [0.25, 0.3) is 5.91 Å². The van der Waals surface area contributed by atoms with Crippen LogP contribution >= 0.6 is 11.6 Å². The molecule has 2 aromatic rings. The molecule has 0 saturated carbocycles. The van der Waals surface area contributed by atoms with Gasteiger partial charge in [0, 0.05) is 24.3 Å². The first kappa shape index (κ1) is 18.9. The third kappa shape index (κ3) is 4.47. The number of halogens is 2. The van der Waals surface area contributed by atoms with Gasteiger partial charge in [-0.2, -0.15) is 0 Å². The Morgan fingerprint density at radius 3 is 2.89 bits per heavy atom. The highest BCUT2D eigenvalue weighted by molar-refractivity contribution is 6.30. The van der Waals surface area contributed by atoms with Gasteiger partial charge in [0.15, 0.2) is 6.61 Å². The van der Waals surface area contributed by atoms with Crippen LogP contribution in [-0.2, 0) is 4.79 Å². The molecule has 3 rings (SSSR count). The van der Waals surface area contributed by atoms with Crippen molar-refractivity contribution in [2.45, 2.75) is 6.10 Å². The number of ether oxygens (including phenoxy) is 1. The molecule has 0 aromatic heterocycles. The van der Waals surface area contributed by atoms with E-state index in [9.17, 15) is 19.1 Å². The normalized spacial score (nSPS) is 14.2. The van der Waals surface area contributed by atoms with Crippen LogP contribution in [0.3, 0.4) is 0 Å². The summed E-state index contributed by atoms with van der Waals surface area (Å²) in [5.41, 5.74) is 1.24. The minimum atomic E-state index is -1.12. The van der Waals surface area contributed by atoms with E-state index in [0.29, 0.717) is 17.1 Å². The fourth-order valence-electron chi connectivity index (χ4n) is 2.60. The summed E-state index contributed by atoms with van der Waals surface area (Å²) in [4.78, 5) is 25.2. The third-order valence-electron chi connectivity index (χ3n) is 4.03. The van der Waals surface area contributed by atoms with Crippen LogP contribution in [-0.4, -0.2) is 37.2 Å². The van der Waals surface area contributed by atoms with Crippen LogP contribution < -0.4 is 20.3 Å². The summed E-state index contributed by atoms with van der Waals surface area (Å²) in [6, 6.07) is 8.01. The van der Waals surface area contributed by atoms with E-state index in [1.165, 1.54) is 11.0 Å². The Hall–Kier alpha value is -2.84. The molecule has 3 amide bonds. The molecule has 0 saturated heterocycles. The number of hydrogen-bond acceptors (Lipinski definition) is 4. The summed E-state index contributed by atoms with van der Waals surface area (Å²) in [6.45, 7) is -0.170. The SMILES string of the molecule is CN1C(=O)COc2ccc(NC(=O)NCC(O)c3cc(F)cc(Cl)c3)cc21. The molecule has 2 aromatic carbocycles. The molecule has 1 heterocycles. The molecule has 142 valence electrons. The first-order valence-corrected chi connectivity index (χ1v) is 8.43. The number of fused-ring (bicyclic) bond motifs is 1. The van der Waals surface area contributed by atoms with Gasteiger partial charge >= 0.3 is 6.03 Å². The van der Waals surface area contributed by atoms with Crippen molar-refractivity contribution in [3.63, 3.8) is 0 Å². The lowest BCUT2D eigenvalue weighted by Gasteiger charge is -2.26. The van der Waals surface area contributed by atoms with Crippen molar-refractivity contribution in [3.05, 3.63) is 52.8 Å². The molecule has 0 bridgehead atoms. The topological polar surface area (TPSA) is 90.9 Å². The number of carbonyl (C=O) groups excluding carboxylic acids is 2. The van der Waals surface area contributed by atoms with Crippen LogP contribution in [0.2, 0.25) is 5.02 Å². The van der Waals surface area contributed by atoms with Crippen molar-refractivity contribution in [3.8, 4) is 5.75 Å². The van der Waals surface area contributed by atoms with E-state index in [0.717, 1.165) is 12.1 Å². The highest BCUT2D eigenvalue weighted by atomic mass is 35.5. The van der Waals surface area contributed by atoms with Gasteiger partial charge in [-0.05, 0) is 42.0 Å². The maximum atomic E-state index is 13.3.